The summed E-state index contributed by atoms with van der Waals surface area (Å²) in [4.78, 5) is 0. The van der Waals surface area contributed by atoms with Crippen molar-refractivity contribution in [2.24, 2.45) is 0 Å². The number of nitrogens with one attached hydrogen (secondary N) is 1. The van der Waals surface area contributed by atoms with Crippen LogP contribution in [-0.2, 0) is 0 Å². The van der Waals surface area contributed by atoms with E-state index in [4.69, 9.17) is 0 Å². The molecule has 2 aliphatic carbocycles. The maximum absolute atomic E-state index is 3.92. The highest BCUT2D eigenvalue weighted by atomic mass is 79.9. The maximum atomic E-state index is 3.92. The van der Waals surface area contributed by atoms with Crippen molar-refractivity contribution in [2.75, 3.05) is 0 Å². The van der Waals surface area contributed by atoms with Gasteiger partial charge in [0, 0.05) is 16.6 Å². The Kier molecular flexibility index (Phi) is 5.17. The van der Waals surface area contributed by atoms with Gasteiger partial charge in [-0.15, -0.1) is 0 Å². The average molecular weight is 336 g/mol. The zero-order valence-electron chi connectivity index (χ0n) is 12.3. The van der Waals surface area contributed by atoms with Crippen molar-refractivity contribution in [1.29, 1.82) is 0 Å². The van der Waals surface area contributed by atoms with Crippen molar-refractivity contribution < 1.29 is 0 Å². The minimum absolute atomic E-state index is 0.771. The van der Waals surface area contributed by atoms with Gasteiger partial charge in [-0.05, 0) is 49.3 Å². The molecule has 0 aliphatic heterocycles. The van der Waals surface area contributed by atoms with Crippen molar-refractivity contribution in [2.45, 2.75) is 75.8 Å². The van der Waals surface area contributed by atoms with E-state index in [9.17, 15) is 0 Å². The van der Waals surface area contributed by atoms with Crippen LogP contribution in [-0.4, -0.2) is 12.1 Å². The highest BCUT2D eigenvalue weighted by Crippen LogP contribution is 2.38. The molecule has 0 spiro atoms. The molecule has 1 N–H and O–H groups in total. The molecule has 0 bridgehead atoms. The highest BCUT2D eigenvalue weighted by Gasteiger charge is 2.31. The van der Waals surface area contributed by atoms with Crippen LogP contribution in [0.2, 0.25) is 0 Å². The predicted octanol–water partition coefficient (Wildman–Crippen LogP) is 5.40. The van der Waals surface area contributed by atoms with E-state index in [1.54, 1.807) is 0 Å². The lowest BCUT2D eigenvalue weighted by Gasteiger charge is -2.39. The van der Waals surface area contributed by atoms with Crippen molar-refractivity contribution in [3.63, 3.8) is 0 Å². The monoisotopic (exact) mass is 335 g/mol. The molecule has 0 heterocycles. The van der Waals surface area contributed by atoms with Crippen LogP contribution >= 0.6 is 15.9 Å². The number of benzene rings is 1. The van der Waals surface area contributed by atoms with E-state index in [0.717, 1.165) is 18.0 Å². The third-order valence-electron chi connectivity index (χ3n) is 5.06. The van der Waals surface area contributed by atoms with E-state index in [2.05, 4.69) is 45.5 Å². The number of rotatable bonds is 3. The lowest BCUT2D eigenvalue weighted by Crippen LogP contribution is -2.45. The molecule has 0 aromatic heterocycles. The van der Waals surface area contributed by atoms with Gasteiger partial charge in [-0.2, -0.15) is 0 Å². The van der Waals surface area contributed by atoms with Crippen LogP contribution in [0.1, 0.15) is 69.3 Å². The molecule has 3 rings (SSSR count). The second kappa shape index (κ2) is 7.09. The minimum Gasteiger partial charge on any atom is -0.311 e. The van der Waals surface area contributed by atoms with Gasteiger partial charge in [-0.1, -0.05) is 60.2 Å². The van der Waals surface area contributed by atoms with Crippen molar-refractivity contribution in [1.82, 2.24) is 5.32 Å². The van der Waals surface area contributed by atoms with Gasteiger partial charge in [0.05, 0.1) is 0 Å². The van der Waals surface area contributed by atoms with Crippen molar-refractivity contribution >= 4 is 15.9 Å². The number of hydrogen-bond acceptors (Lipinski definition) is 1. The summed E-state index contributed by atoms with van der Waals surface area (Å²) >= 11 is 3.51. The van der Waals surface area contributed by atoms with Crippen LogP contribution in [0.5, 0.6) is 0 Å². The molecule has 1 aromatic rings. The molecule has 1 nitrogen and oxygen atoms in total. The average Bonchev–Trinajstić information content (AvgIpc) is 2.37. The summed E-state index contributed by atoms with van der Waals surface area (Å²) in [5.74, 6) is 0.786. The van der Waals surface area contributed by atoms with E-state index in [0.29, 0.717) is 0 Å². The Bertz CT molecular complexity index is 400. The second-order valence-corrected chi connectivity index (χ2v) is 7.54. The second-order valence-electron chi connectivity index (χ2n) is 6.63. The molecule has 2 heteroatoms. The zero-order chi connectivity index (χ0) is 13.8. The first-order valence-corrected chi connectivity index (χ1v) is 9.12. The number of halogens is 1. The first-order valence-electron chi connectivity index (χ1n) is 8.33. The van der Waals surface area contributed by atoms with Gasteiger partial charge in [0.15, 0.2) is 0 Å². The molecule has 2 fully saturated rings. The van der Waals surface area contributed by atoms with Crippen LogP contribution in [0.15, 0.2) is 28.7 Å². The SMILES string of the molecule is Brc1ccc(C2CC(NC3CCCCCCC3)C2)cc1. The van der Waals surface area contributed by atoms with Crippen molar-refractivity contribution in [3.8, 4) is 0 Å². The molecule has 0 radical (unpaired) electrons. The fourth-order valence-electron chi connectivity index (χ4n) is 3.72. The van der Waals surface area contributed by atoms with Gasteiger partial charge in [-0.3, -0.25) is 0 Å². The highest BCUT2D eigenvalue weighted by molar-refractivity contribution is 9.10. The van der Waals surface area contributed by atoms with Crippen LogP contribution in [0.4, 0.5) is 0 Å². The van der Waals surface area contributed by atoms with Gasteiger partial charge in [0.1, 0.15) is 0 Å². The molecular weight excluding hydrogens is 310 g/mol. The van der Waals surface area contributed by atoms with Crippen LogP contribution in [0, 0.1) is 0 Å². The topological polar surface area (TPSA) is 12.0 Å². The van der Waals surface area contributed by atoms with Crippen LogP contribution in [0.3, 0.4) is 0 Å². The quantitative estimate of drug-likeness (QED) is 0.779. The van der Waals surface area contributed by atoms with Gasteiger partial charge in [0.25, 0.3) is 0 Å². The molecule has 0 unspecified atom stereocenters. The summed E-state index contributed by atoms with van der Waals surface area (Å²) < 4.78 is 1.18. The van der Waals surface area contributed by atoms with Gasteiger partial charge < -0.3 is 5.32 Å². The summed E-state index contributed by atoms with van der Waals surface area (Å²) in [7, 11) is 0. The van der Waals surface area contributed by atoms with E-state index in [1.807, 2.05) is 0 Å². The predicted molar refractivity (Wildman–Crippen MR) is 89.1 cm³/mol. The van der Waals surface area contributed by atoms with E-state index >= 15 is 0 Å². The third kappa shape index (κ3) is 3.85. The summed E-state index contributed by atoms with van der Waals surface area (Å²) in [6.07, 6.45) is 12.7. The Balaban J connectivity index is 1.44. The van der Waals surface area contributed by atoms with Crippen molar-refractivity contribution in [3.05, 3.63) is 34.3 Å². The minimum atomic E-state index is 0.771. The van der Waals surface area contributed by atoms with Crippen LogP contribution < -0.4 is 5.32 Å². The van der Waals surface area contributed by atoms with E-state index < -0.39 is 0 Å². The molecule has 0 amide bonds. The van der Waals surface area contributed by atoms with Gasteiger partial charge in [0.2, 0.25) is 0 Å². The summed E-state index contributed by atoms with van der Waals surface area (Å²) in [5, 5.41) is 3.92. The molecule has 1 aromatic carbocycles. The molecule has 0 saturated heterocycles. The lowest BCUT2D eigenvalue weighted by atomic mass is 9.75. The fourth-order valence-corrected chi connectivity index (χ4v) is 3.98. The Morgan fingerprint density at radius 1 is 0.800 bits per heavy atom. The third-order valence-corrected chi connectivity index (χ3v) is 5.58. The molecule has 2 aliphatic rings. The largest absolute Gasteiger partial charge is 0.311 e. The molecule has 2 saturated carbocycles. The normalized spacial score (nSPS) is 28.4. The van der Waals surface area contributed by atoms with Gasteiger partial charge >= 0.3 is 0 Å². The molecule has 0 atom stereocenters. The summed E-state index contributed by atoms with van der Waals surface area (Å²) in [6, 6.07) is 10.5. The van der Waals surface area contributed by atoms with E-state index in [1.165, 1.54) is 67.8 Å². The Morgan fingerprint density at radius 2 is 1.40 bits per heavy atom. The van der Waals surface area contributed by atoms with Gasteiger partial charge in [-0.25, -0.2) is 0 Å². The maximum Gasteiger partial charge on any atom is 0.0175 e. The Morgan fingerprint density at radius 3 is 2.05 bits per heavy atom. The Labute approximate surface area is 131 Å². The first kappa shape index (κ1) is 14.6. The standard InChI is InChI=1S/C18H26BrN/c19-16-10-8-14(9-11-16)15-12-18(13-15)20-17-6-4-2-1-3-5-7-17/h8-11,15,17-18,20H,1-7,12-13H2. The fraction of sp³-hybridized carbons (Fsp3) is 0.667. The summed E-state index contributed by atoms with van der Waals surface area (Å²) in [6.45, 7) is 0. The van der Waals surface area contributed by atoms with Crippen LogP contribution in [0.25, 0.3) is 0 Å². The summed E-state index contributed by atoms with van der Waals surface area (Å²) in [5.41, 5.74) is 1.52. The number of hydrogen-bond donors (Lipinski definition) is 1. The Hall–Kier alpha value is -0.340. The zero-order valence-corrected chi connectivity index (χ0v) is 13.9. The smallest absolute Gasteiger partial charge is 0.0175 e. The van der Waals surface area contributed by atoms with E-state index in [-0.39, 0.29) is 0 Å². The molecular formula is C18H26BrN. The first-order chi connectivity index (χ1) is 9.81. The molecule has 20 heavy (non-hydrogen) atoms. The molecule has 110 valence electrons. The lowest BCUT2D eigenvalue weighted by molar-refractivity contribution is 0.245.